The highest BCUT2D eigenvalue weighted by Gasteiger charge is 2.91. The number of carbonyl (C=O) groups is 1. The van der Waals surface area contributed by atoms with Gasteiger partial charge in [0.2, 0.25) is 0 Å². The van der Waals surface area contributed by atoms with E-state index in [4.69, 9.17) is 0 Å². The first kappa shape index (κ1) is 25.3. The van der Waals surface area contributed by atoms with E-state index >= 15 is 0 Å². The molecule has 0 rings (SSSR count). The van der Waals surface area contributed by atoms with Gasteiger partial charge in [-0.25, -0.2) is 0 Å². The van der Waals surface area contributed by atoms with E-state index in [0.717, 1.165) is 0 Å². The smallest absolute Gasteiger partial charge is 0.460 e. The Morgan fingerprint density at radius 1 is 0.704 bits per heavy atom. The molecular weight excluding hydrogens is 423 g/mol. The zero-order valence-corrected chi connectivity index (χ0v) is 12.9. The van der Waals surface area contributed by atoms with Crippen molar-refractivity contribution in [3.63, 3.8) is 0 Å². The normalized spacial score (nSPS) is 16.3. The maximum absolute atomic E-state index is 13.7. The molecule has 0 N–H and O–H groups in total. The molecule has 0 heterocycles. The van der Waals surface area contributed by atoms with Gasteiger partial charge in [0.1, 0.15) is 0 Å². The van der Waals surface area contributed by atoms with E-state index in [1.165, 1.54) is 0 Å². The van der Waals surface area contributed by atoms with Crippen LogP contribution in [0.15, 0.2) is 11.1 Å². The van der Waals surface area contributed by atoms with Gasteiger partial charge in [-0.2, -0.15) is 57.1 Å². The molecule has 0 spiro atoms. The zero-order chi connectivity index (χ0) is 22.4. The Bertz CT molecular complexity index is 615. The summed E-state index contributed by atoms with van der Waals surface area (Å²) in [5, 5.41) is 10.5. The van der Waals surface area contributed by atoms with Crippen molar-refractivity contribution in [2.24, 2.45) is 0 Å². The number of alkyl halides is 13. The van der Waals surface area contributed by atoms with Gasteiger partial charge in [0.15, 0.2) is 0 Å². The molecule has 0 aromatic rings. The lowest BCUT2D eigenvalue weighted by Gasteiger charge is -2.40. The van der Waals surface area contributed by atoms with Crippen molar-refractivity contribution in [2.45, 2.75) is 56.1 Å². The fraction of sp³-hybridized carbons (Fsp3) is 0.750. The molecule has 0 saturated carbocycles. The molecule has 0 aliphatic heterocycles. The number of carboxylic acids is 1. The molecular formula is C12H8F13O2-. The number of carbonyl (C=O) groups excluding carboxylic acids is 1. The predicted molar refractivity (Wildman–Crippen MR) is 58.8 cm³/mol. The average Bonchev–Trinajstić information content (AvgIpc) is 2.45. The molecule has 0 radical (unpaired) electrons. The zero-order valence-electron chi connectivity index (χ0n) is 12.9. The molecule has 0 atom stereocenters. The first-order chi connectivity index (χ1) is 11.6. The molecule has 0 fully saturated rings. The molecule has 0 aliphatic carbocycles. The van der Waals surface area contributed by atoms with Gasteiger partial charge in [-0.15, -0.1) is 0 Å². The first-order valence-electron chi connectivity index (χ1n) is 6.43. The van der Waals surface area contributed by atoms with E-state index in [2.05, 4.69) is 0 Å². The summed E-state index contributed by atoms with van der Waals surface area (Å²) in [7, 11) is 0. The van der Waals surface area contributed by atoms with E-state index in [1.54, 1.807) is 0 Å². The van der Waals surface area contributed by atoms with Crippen LogP contribution in [0.1, 0.15) is 20.3 Å². The standard InChI is InChI=1S/C12H9F13O2/c1-3-5(4(2)6(26)27)7(13,14)8(15,16)9(17,18)10(19,20)11(21,22)12(23,24)25/h3H2,1-2H3,(H,26,27)/p-1. The highest BCUT2D eigenvalue weighted by Crippen LogP contribution is 2.61. The van der Waals surface area contributed by atoms with Gasteiger partial charge in [-0.3, -0.25) is 0 Å². The summed E-state index contributed by atoms with van der Waals surface area (Å²) < 4.78 is 168. The minimum atomic E-state index is -8.03. The number of hydrogen-bond acceptors (Lipinski definition) is 2. The molecule has 27 heavy (non-hydrogen) atoms. The maximum Gasteiger partial charge on any atom is 0.460 e. The SMILES string of the molecule is CCC(=C(C)C(=O)[O-])C(F)(F)C(F)(F)C(F)(F)C(F)(F)C(F)(F)C(F)(F)F. The third-order valence-electron chi connectivity index (χ3n) is 3.42. The van der Waals surface area contributed by atoms with Gasteiger partial charge in [0.05, 0.1) is 5.97 Å². The molecule has 0 bridgehead atoms. The Morgan fingerprint density at radius 2 is 1.04 bits per heavy atom. The van der Waals surface area contributed by atoms with Crippen molar-refractivity contribution in [1.82, 2.24) is 0 Å². The van der Waals surface area contributed by atoms with Gasteiger partial charge >= 0.3 is 35.8 Å². The van der Waals surface area contributed by atoms with Crippen molar-refractivity contribution in [2.75, 3.05) is 0 Å². The molecule has 0 aliphatic rings. The Balaban J connectivity index is 6.73. The Morgan fingerprint density at radius 3 is 1.30 bits per heavy atom. The van der Waals surface area contributed by atoms with Crippen LogP contribution in [0.2, 0.25) is 0 Å². The lowest BCUT2D eigenvalue weighted by molar-refractivity contribution is -0.437. The summed E-state index contributed by atoms with van der Waals surface area (Å²) in [6, 6.07) is 0. The van der Waals surface area contributed by atoms with Crippen LogP contribution in [0.25, 0.3) is 0 Å². The van der Waals surface area contributed by atoms with Crippen LogP contribution in [0.3, 0.4) is 0 Å². The molecule has 0 unspecified atom stereocenters. The molecule has 0 amide bonds. The molecule has 160 valence electrons. The van der Waals surface area contributed by atoms with Gasteiger partial charge in [0.25, 0.3) is 0 Å². The third kappa shape index (κ3) is 3.44. The van der Waals surface area contributed by atoms with E-state index in [9.17, 15) is 67.0 Å². The van der Waals surface area contributed by atoms with Crippen LogP contribution >= 0.6 is 0 Å². The Labute approximate surface area is 141 Å². The fourth-order valence-electron chi connectivity index (χ4n) is 1.80. The Kier molecular flexibility index (Phi) is 6.30. The van der Waals surface area contributed by atoms with Crippen LogP contribution in [0.4, 0.5) is 57.1 Å². The second kappa shape index (κ2) is 6.72. The molecule has 2 nitrogen and oxygen atoms in total. The number of halogens is 13. The van der Waals surface area contributed by atoms with Crippen LogP contribution in [-0.2, 0) is 4.79 Å². The molecule has 0 aromatic heterocycles. The van der Waals surface area contributed by atoms with E-state index in [1.807, 2.05) is 0 Å². The number of aliphatic carboxylic acids is 1. The first-order valence-corrected chi connectivity index (χ1v) is 6.43. The summed E-state index contributed by atoms with van der Waals surface area (Å²) in [6.07, 6.45) is -9.00. The number of rotatable bonds is 7. The van der Waals surface area contributed by atoms with Gasteiger partial charge in [0, 0.05) is 5.57 Å². The number of carboxylic acid groups (broad SMARTS) is 1. The monoisotopic (exact) mass is 431 g/mol. The van der Waals surface area contributed by atoms with Crippen LogP contribution in [0, 0.1) is 0 Å². The van der Waals surface area contributed by atoms with Crippen LogP contribution in [0.5, 0.6) is 0 Å². The summed E-state index contributed by atoms with van der Waals surface area (Å²) >= 11 is 0. The topological polar surface area (TPSA) is 40.1 Å². The molecule has 15 heteroatoms. The summed E-state index contributed by atoms with van der Waals surface area (Å²) in [5.74, 6) is -40.6. The number of allylic oxidation sites excluding steroid dienone is 1. The quantitative estimate of drug-likeness (QED) is 0.448. The second-order valence-corrected chi connectivity index (χ2v) is 5.11. The van der Waals surface area contributed by atoms with Gasteiger partial charge in [-0.05, 0) is 18.9 Å². The number of hydrogen-bond donors (Lipinski definition) is 0. The van der Waals surface area contributed by atoms with Crippen molar-refractivity contribution in [3.05, 3.63) is 11.1 Å². The van der Waals surface area contributed by atoms with E-state index in [-0.39, 0.29) is 6.92 Å². The third-order valence-corrected chi connectivity index (χ3v) is 3.42. The second-order valence-electron chi connectivity index (χ2n) is 5.11. The summed E-state index contributed by atoms with van der Waals surface area (Å²) in [6.45, 7) is 0.602. The minimum absolute atomic E-state index is 0.124. The lowest BCUT2D eigenvalue weighted by atomic mass is 9.87. The average molecular weight is 431 g/mol. The van der Waals surface area contributed by atoms with Crippen molar-refractivity contribution in [3.8, 4) is 0 Å². The largest absolute Gasteiger partial charge is 0.545 e. The van der Waals surface area contributed by atoms with Crippen molar-refractivity contribution < 1.29 is 67.0 Å². The van der Waals surface area contributed by atoms with Crippen LogP contribution < -0.4 is 5.11 Å². The fourth-order valence-corrected chi connectivity index (χ4v) is 1.80. The van der Waals surface area contributed by atoms with Crippen molar-refractivity contribution >= 4 is 5.97 Å². The van der Waals surface area contributed by atoms with E-state index < -0.39 is 59.3 Å². The summed E-state index contributed by atoms with van der Waals surface area (Å²) in [5.41, 5.74) is -4.26. The maximum atomic E-state index is 13.7. The van der Waals surface area contributed by atoms with Crippen LogP contribution in [-0.4, -0.2) is 41.8 Å². The van der Waals surface area contributed by atoms with Gasteiger partial charge in [-0.1, -0.05) is 6.92 Å². The highest BCUT2D eigenvalue weighted by molar-refractivity contribution is 5.85. The van der Waals surface area contributed by atoms with Gasteiger partial charge < -0.3 is 9.90 Å². The lowest BCUT2D eigenvalue weighted by Crippen LogP contribution is -2.70. The summed E-state index contributed by atoms with van der Waals surface area (Å²) in [4.78, 5) is 10.5. The highest BCUT2D eigenvalue weighted by atomic mass is 19.4. The minimum Gasteiger partial charge on any atom is -0.545 e. The van der Waals surface area contributed by atoms with Crippen molar-refractivity contribution in [1.29, 1.82) is 0 Å². The van der Waals surface area contributed by atoms with E-state index in [0.29, 0.717) is 6.92 Å². The molecule has 0 saturated heterocycles. The molecule has 0 aromatic carbocycles. The Hall–Kier alpha value is -1.70. The predicted octanol–water partition coefficient (Wildman–Crippen LogP) is 4.20.